The number of benzene rings is 2. The van der Waals surface area contributed by atoms with Crippen LogP contribution < -0.4 is 10.6 Å². The SMILES string of the molecule is Cc1cc([C@@]2(C#N)[C@H](CC(C)(C)C)N[C@H](OC(=O)NCC[C@H](O)CO)[C@@H]2c2cccc(Cl)c2F)ccc1Cl. The molecule has 1 aliphatic rings. The van der Waals surface area contributed by atoms with E-state index in [0.717, 1.165) is 5.56 Å². The molecule has 1 amide bonds. The zero-order chi connectivity index (χ0) is 28.3. The molecule has 206 valence electrons. The van der Waals surface area contributed by atoms with Gasteiger partial charge >= 0.3 is 6.09 Å². The van der Waals surface area contributed by atoms with Crippen molar-refractivity contribution in [3.8, 4) is 6.07 Å². The molecule has 0 aromatic heterocycles. The number of aliphatic hydroxyl groups excluding tert-OH is 2. The normalized spacial score (nSPS) is 24.1. The van der Waals surface area contributed by atoms with Gasteiger partial charge in [-0.15, -0.1) is 0 Å². The number of aryl methyl sites for hydroxylation is 1. The van der Waals surface area contributed by atoms with E-state index in [9.17, 15) is 15.2 Å². The number of hydrogen-bond acceptors (Lipinski definition) is 6. The lowest BCUT2D eigenvalue weighted by Crippen LogP contribution is -2.44. The van der Waals surface area contributed by atoms with Gasteiger partial charge in [-0.3, -0.25) is 5.32 Å². The van der Waals surface area contributed by atoms with Gasteiger partial charge in [-0.25, -0.2) is 9.18 Å². The Labute approximate surface area is 232 Å². The van der Waals surface area contributed by atoms with Crippen LogP contribution in [-0.2, 0) is 10.2 Å². The van der Waals surface area contributed by atoms with Gasteiger partial charge in [-0.1, -0.05) is 68.2 Å². The molecule has 0 spiro atoms. The third-order valence-corrected chi connectivity index (χ3v) is 7.57. The number of carbonyl (C=O) groups is 1. The highest BCUT2D eigenvalue weighted by atomic mass is 35.5. The van der Waals surface area contributed by atoms with Crippen molar-refractivity contribution in [1.82, 2.24) is 10.6 Å². The Morgan fingerprint density at radius 3 is 2.61 bits per heavy atom. The van der Waals surface area contributed by atoms with E-state index in [1.165, 1.54) is 6.07 Å². The monoisotopic (exact) mass is 565 g/mol. The van der Waals surface area contributed by atoms with E-state index < -0.39 is 48.2 Å². The van der Waals surface area contributed by atoms with Gasteiger partial charge in [0, 0.05) is 17.6 Å². The molecule has 38 heavy (non-hydrogen) atoms. The summed E-state index contributed by atoms with van der Waals surface area (Å²) in [6.45, 7) is 7.55. The second-order valence-electron chi connectivity index (χ2n) is 10.9. The van der Waals surface area contributed by atoms with Crippen LogP contribution in [0.1, 0.15) is 56.2 Å². The molecule has 4 N–H and O–H groups in total. The van der Waals surface area contributed by atoms with Crippen molar-refractivity contribution in [3.05, 3.63) is 69.0 Å². The summed E-state index contributed by atoms with van der Waals surface area (Å²) in [5.41, 5.74) is -0.0829. The molecule has 7 nitrogen and oxygen atoms in total. The number of alkyl carbamates (subject to hydrolysis) is 1. The van der Waals surface area contributed by atoms with E-state index in [1.54, 1.807) is 24.3 Å². The van der Waals surface area contributed by atoms with Gasteiger partial charge in [-0.05, 0) is 54.0 Å². The number of halogens is 3. The van der Waals surface area contributed by atoms with Crippen molar-refractivity contribution in [1.29, 1.82) is 5.26 Å². The van der Waals surface area contributed by atoms with Gasteiger partial charge in [0.05, 0.1) is 29.7 Å². The molecule has 0 bridgehead atoms. The fourth-order valence-electron chi connectivity index (χ4n) is 5.07. The lowest BCUT2D eigenvalue weighted by atomic mass is 9.63. The van der Waals surface area contributed by atoms with E-state index in [4.69, 9.17) is 33.0 Å². The number of hydrogen-bond donors (Lipinski definition) is 4. The molecule has 0 saturated carbocycles. The highest BCUT2D eigenvalue weighted by Gasteiger charge is 2.60. The second-order valence-corrected chi connectivity index (χ2v) is 11.7. The van der Waals surface area contributed by atoms with Gasteiger partial charge in [0.25, 0.3) is 0 Å². The molecule has 1 heterocycles. The Morgan fingerprint density at radius 2 is 2.00 bits per heavy atom. The van der Waals surface area contributed by atoms with Crippen LogP contribution in [0.4, 0.5) is 9.18 Å². The highest BCUT2D eigenvalue weighted by molar-refractivity contribution is 6.31. The van der Waals surface area contributed by atoms with Crippen LogP contribution in [-0.4, -0.2) is 47.8 Å². The van der Waals surface area contributed by atoms with E-state index in [-0.39, 0.29) is 29.0 Å². The Balaban J connectivity index is 2.15. The molecular formula is C28H34Cl2FN3O4. The summed E-state index contributed by atoms with van der Waals surface area (Å²) in [5.74, 6) is -1.66. The fraction of sp³-hybridized carbons (Fsp3) is 0.500. The number of rotatable bonds is 8. The average Bonchev–Trinajstić information content (AvgIpc) is 3.13. The fourth-order valence-corrected chi connectivity index (χ4v) is 5.37. The highest BCUT2D eigenvalue weighted by Crippen LogP contribution is 2.52. The average molecular weight is 567 g/mol. The Kier molecular flexibility index (Phi) is 9.66. The zero-order valence-electron chi connectivity index (χ0n) is 21.9. The van der Waals surface area contributed by atoms with Gasteiger partial charge in [0.2, 0.25) is 0 Å². The summed E-state index contributed by atoms with van der Waals surface area (Å²) in [6, 6.07) is 11.8. The summed E-state index contributed by atoms with van der Waals surface area (Å²) in [6.07, 6.45) is -2.26. The minimum Gasteiger partial charge on any atom is -0.430 e. The van der Waals surface area contributed by atoms with Gasteiger partial charge in [-0.2, -0.15) is 5.26 Å². The van der Waals surface area contributed by atoms with Crippen LogP contribution in [0.15, 0.2) is 36.4 Å². The van der Waals surface area contributed by atoms with Gasteiger partial charge in [0.15, 0.2) is 6.23 Å². The lowest BCUT2D eigenvalue weighted by Gasteiger charge is -2.37. The maximum Gasteiger partial charge on any atom is 0.408 e. The van der Waals surface area contributed by atoms with E-state index in [1.807, 2.05) is 33.8 Å². The molecule has 10 heteroatoms. The minimum absolute atomic E-state index is 0.0503. The minimum atomic E-state index is -1.35. The molecule has 1 aliphatic heterocycles. The van der Waals surface area contributed by atoms with Gasteiger partial charge in [0.1, 0.15) is 11.2 Å². The third kappa shape index (κ3) is 6.41. The van der Waals surface area contributed by atoms with Crippen molar-refractivity contribution in [3.63, 3.8) is 0 Å². The van der Waals surface area contributed by atoms with E-state index >= 15 is 4.39 Å². The zero-order valence-corrected chi connectivity index (χ0v) is 23.4. The number of aliphatic hydroxyl groups is 2. The molecule has 2 aromatic rings. The van der Waals surface area contributed by atoms with Crippen LogP contribution in [0.3, 0.4) is 0 Å². The number of nitrogens with one attached hydrogen (secondary N) is 2. The molecule has 3 rings (SSSR count). The van der Waals surface area contributed by atoms with Crippen LogP contribution in [0.2, 0.25) is 10.0 Å². The molecule has 0 unspecified atom stereocenters. The Morgan fingerprint density at radius 1 is 1.29 bits per heavy atom. The topological polar surface area (TPSA) is 115 Å². The Hall–Kier alpha value is -2.41. The van der Waals surface area contributed by atoms with Crippen molar-refractivity contribution < 1.29 is 24.1 Å². The molecular weight excluding hydrogens is 532 g/mol. The molecule has 2 aromatic carbocycles. The number of nitrogens with zero attached hydrogens (tertiary/aromatic N) is 1. The number of ether oxygens (including phenoxy) is 1. The lowest BCUT2D eigenvalue weighted by molar-refractivity contribution is 0.0685. The first-order chi connectivity index (χ1) is 17.8. The standard InChI is InChI=1S/C28H34Cl2FN3O4/c1-16-12-17(8-9-20(16)29)28(15-32)22(13-27(2,3)4)34-25(38-26(37)33-11-10-18(36)14-35)23(28)19-6-5-7-21(30)24(19)31/h5-9,12,18,22-23,25,34-36H,10-11,13-14H2,1-4H3,(H,33,37)/t18-,22-,23-,25+,28-/m0/s1. The van der Waals surface area contributed by atoms with Gasteiger partial charge < -0.3 is 20.3 Å². The first-order valence-corrected chi connectivity index (χ1v) is 13.2. The van der Waals surface area contributed by atoms with Crippen molar-refractivity contribution in [2.24, 2.45) is 5.41 Å². The predicted octanol–water partition coefficient (Wildman–Crippen LogP) is 5.19. The largest absolute Gasteiger partial charge is 0.430 e. The first kappa shape index (κ1) is 30.1. The summed E-state index contributed by atoms with van der Waals surface area (Å²) < 4.78 is 21.4. The molecule has 0 aliphatic carbocycles. The van der Waals surface area contributed by atoms with Crippen LogP contribution in [0, 0.1) is 29.5 Å². The number of nitriles is 1. The summed E-state index contributed by atoms with van der Waals surface area (Å²) >= 11 is 12.5. The van der Waals surface area contributed by atoms with Crippen LogP contribution in [0.5, 0.6) is 0 Å². The summed E-state index contributed by atoms with van der Waals surface area (Å²) in [7, 11) is 0. The van der Waals surface area contributed by atoms with E-state index in [2.05, 4.69) is 16.7 Å². The number of amides is 1. The molecule has 1 saturated heterocycles. The molecule has 0 radical (unpaired) electrons. The first-order valence-electron chi connectivity index (χ1n) is 12.4. The predicted molar refractivity (Wildman–Crippen MR) is 145 cm³/mol. The second kappa shape index (κ2) is 12.2. The quantitative estimate of drug-likeness (QED) is 0.350. The van der Waals surface area contributed by atoms with E-state index in [0.29, 0.717) is 17.0 Å². The molecule has 5 atom stereocenters. The Bertz CT molecular complexity index is 1200. The van der Waals surface area contributed by atoms with Crippen molar-refractivity contribution in [2.45, 2.75) is 70.2 Å². The summed E-state index contributed by atoms with van der Waals surface area (Å²) in [5, 5.41) is 35.7. The summed E-state index contributed by atoms with van der Waals surface area (Å²) in [4.78, 5) is 12.8. The van der Waals surface area contributed by atoms with Crippen LogP contribution in [0.25, 0.3) is 0 Å². The van der Waals surface area contributed by atoms with Crippen LogP contribution >= 0.6 is 23.2 Å². The third-order valence-electron chi connectivity index (χ3n) is 6.85. The number of carbonyl (C=O) groups excluding carboxylic acids is 1. The smallest absolute Gasteiger partial charge is 0.408 e. The van der Waals surface area contributed by atoms with Crippen molar-refractivity contribution in [2.75, 3.05) is 13.2 Å². The maximum atomic E-state index is 15.6. The molecule has 1 fully saturated rings. The maximum absolute atomic E-state index is 15.6. The van der Waals surface area contributed by atoms with Crippen molar-refractivity contribution >= 4 is 29.3 Å².